The van der Waals surface area contributed by atoms with Gasteiger partial charge in [0.05, 0.1) is 19.1 Å². The molecule has 0 saturated heterocycles. The zero-order chi connectivity index (χ0) is 22.9. The largest absolute Gasteiger partial charge is 0.497 e. The minimum Gasteiger partial charge on any atom is -0.497 e. The van der Waals surface area contributed by atoms with Gasteiger partial charge < -0.3 is 19.5 Å². The van der Waals surface area contributed by atoms with Crippen molar-refractivity contribution in [2.24, 2.45) is 5.92 Å². The molecule has 2 N–H and O–H groups in total. The second-order valence-corrected chi connectivity index (χ2v) is 8.61. The molecular weight excluding hydrogens is 416 g/mol. The standard InChI is InChI=1S/C19H28N2O8S/c1-12(2)10-16(19(24)28-5)20-17(22)11-29-18(23)13(3)21-30(25,26)15-8-6-14(27-4)7-9-15/h6-9,12-13,16,21H,10-11H2,1-5H3,(H,20,22)/t13-,16?/m0/s1. The van der Waals surface area contributed by atoms with Crippen molar-refractivity contribution in [2.45, 2.75) is 44.2 Å². The molecule has 1 unspecified atom stereocenters. The number of ether oxygens (including phenoxy) is 3. The summed E-state index contributed by atoms with van der Waals surface area (Å²) in [5.41, 5.74) is 0. The molecule has 0 bridgehead atoms. The number of benzene rings is 1. The van der Waals surface area contributed by atoms with Crippen LogP contribution in [0, 0.1) is 5.92 Å². The average Bonchev–Trinajstić information content (AvgIpc) is 2.70. The highest BCUT2D eigenvalue weighted by Crippen LogP contribution is 2.15. The summed E-state index contributed by atoms with van der Waals surface area (Å²) in [6.07, 6.45) is 0.352. The van der Waals surface area contributed by atoms with Crippen LogP contribution in [0.2, 0.25) is 0 Å². The van der Waals surface area contributed by atoms with Crippen molar-refractivity contribution in [3.63, 3.8) is 0 Å². The van der Waals surface area contributed by atoms with Crippen LogP contribution >= 0.6 is 0 Å². The topological polar surface area (TPSA) is 137 Å². The zero-order valence-electron chi connectivity index (χ0n) is 17.6. The van der Waals surface area contributed by atoms with E-state index < -0.39 is 46.6 Å². The maximum absolute atomic E-state index is 12.4. The SMILES string of the molecule is COC(=O)C(CC(C)C)NC(=O)COC(=O)[C@H](C)NS(=O)(=O)c1ccc(OC)cc1. The molecule has 0 aromatic heterocycles. The third kappa shape index (κ3) is 7.99. The van der Waals surface area contributed by atoms with Gasteiger partial charge in [0, 0.05) is 0 Å². The van der Waals surface area contributed by atoms with Gasteiger partial charge in [0.25, 0.3) is 5.91 Å². The molecule has 10 nitrogen and oxygen atoms in total. The van der Waals surface area contributed by atoms with Gasteiger partial charge in [0.1, 0.15) is 17.8 Å². The van der Waals surface area contributed by atoms with E-state index in [0.717, 1.165) is 0 Å². The van der Waals surface area contributed by atoms with Gasteiger partial charge in [-0.3, -0.25) is 9.59 Å². The lowest BCUT2D eigenvalue weighted by molar-refractivity contribution is -0.151. The van der Waals surface area contributed by atoms with Crippen molar-refractivity contribution in [2.75, 3.05) is 20.8 Å². The lowest BCUT2D eigenvalue weighted by atomic mass is 10.0. The number of hydrogen-bond donors (Lipinski definition) is 2. The van der Waals surface area contributed by atoms with Crippen molar-refractivity contribution in [3.05, 3.63) is 24.3 Å². The van der Waals surface area contributed by atoms with E-state index in [1.54, 1.807) is 0 Å². The minimum absolute atomic E-state index is 0.0599. The lowest BCUT2D eigenvalue weighted by Gasteiger charge is -2.18. The number of esters is 2. The Morgan fingerprint density at radius 2 is 1.60 bits per heavy atom. The Balaban J connectivity index is 2.62. The molecule has 0 aliphatic heterocycles. The first kappa shape index (κ1) is 25.4. The highest BCUT2D eigenvalue weighted by molar-refractivity contribution is 7.89. The average molecular weight is 445 g/mol. The van der Waals surface area contributed by atoms with Crippen molar-refractivity contribution in [1.82, 2.24) is 10.0 Å². The number of amides is 1. The van der Waals surface area contributed by atoms with Crippen LogP contribution < -0.4 is 14.8 Å². The number of hydrogen-bond acceptors (Lipinski definition) is 8. The predicted octanol–water partition coefficient (Wildman–Crippen LogP) is 0.609. The van der Waals surface area contributed by atoms with Crippen LogP contribution in [-0.2, 0) is 33.9 Å². The monoisotopic (exact) mass is 444 g/mol. The van der Waals surface area contributed by atoms with Crippen molar-refractivity contribution >= 4 is 27.9 Å². The first-order valence-corrected chi connectivity index (χ1v) is 10.7. The van der Waals surface area contributed by atoms with Crippen LogP contribution in [0.5, 0.6) is 5.75 Å². The Morgan fingerprint density at radius 1 is 1.00 bits per heavy atom. The van der Waals surface area contributed by atoms with Gasteiger partial charge >= 0.3 is 11.9 Å². The van der Waals surface area contributed by atoms with Crippen LogP contribution in [0.3, 0.4) is 0 Å². The Hall–Kier alpha value is -2.66. The Morgan fingerprint density at radius 3 is 2.10 bits per heavy atom. The number of rotatable bonds is 11. The number of methoxy groups -OCH3 is 2. The Bertz CT molecular complexity index is 837. The number of sulfonamides is 1. The molecule has 1 aromatic rings. The molecule has 0 spiro atoms. The normalized spacial score (nSPS) is 13.3. The highest BCUT2D eigenvalue weighted by atomic mass is 32.2. The van der Waals surface area contributed by atoms with Gasteiger partial charge in [-0.1, -0.05) is 13.8 Å². The predicted molar refractivity (Wildman–Crippen MR) is 107 cm³/mol. The van der Waals surface area contributed by atoms with E-state index in [1.807, 2.05) is 13.8 Å². The van der Waals surface area contributed by atoms with E-state index in [-0.39, 0.29) is 10.8 Å². The van der Waals surface area contributed by atoms with Crippen LogP contribution in [0.25, 0.3) is 0 Å². The molecule has 168 valence electrons. The molecule has 1 aromatic carbocycles. The lowest BCUT2D eigenvalue weighted by Crippen LogP contribution is -2.45. The van der Waals surface area contributed by atoms with Crippen LogP contribution in [0.4, 0.5) is 0 Å². The molecule has 30 heavy (non-hydrogen) atoms. The quantitative estimate of drug-likeness (QED) is 0.474. The molecule has 0 fully saturated rings. The van der Waals surface area contributed by atoms with Crippen LogP contribution in [0.1, 0.15) is 27.2 Å². The van der Waals surface area contributed by atoms with E-state index in [4.69, 9.17) is 9.47 Å². The molecule has 0 radical (unpaired) electrons. The second kappa shape index (κ2) is 11.5. The summed E-state index contributed by atoms with van der Waals surface area (Å²) in [5.74, 6) is -1.66. The summed E-state index contributed by atoms with van der Waals surface area (Å²) < 4.78 is 41.3. The highest BCUT2D eigenvalue weighted by Gasteiger charge is 2.26. The Labute approximate surface area is 176 Å². The molecule has 11 heteroatoms. The molecule has 0 saturated carbocycles. The zero-order valence-corrected chi connectivity index (χ0v) is 18.4. The van der Waals surface area contributed by atoms with Gasteiger partial charge in [0.2, 0.25) is 10.0 Å². The second-order valence-electron chi connectivity index (χ2n) is 6.90. The van der Waals surface area contributed by atoms with Crippen LogP contribution in [0.15, 0.2) is 29.2 Å². The summed E-state index contributed by atoms with van der Waals surface area (Å²) in [6.45, 7) is 4.37. The van der Waals surface area contributed by atoms with E-state index in [2.05, 4.69) is 14.8 Å². The summed E-state index contributed by atoms with van der Waals surface area (Å²) in [4.78, 5) is 35.7. The molecular formula is C19H28N2O8S. The summed E-state index contributed by atoms with van der Waals surface area (Å²) in [6, 6.07) is 3.49. The fraction of sp³-hybridized carbons (Fsp3) is 0.526. The van der Waals surface area contributed by atoms with Crippen LogP contribution in [-0.4, -0.2) is 59.2 Å². The van der Waals surface area contributed by atoms with Crippen molar-refractivity contribution in [1.29, 1.82) is 0 Å². The number of nitrogens with one attached hydrogen (secondary N) is 2. The van der Waals surface area contributed by atoms with E-state index >= 15 is 0 Å². The van der Waals surface area contributed by atoms with Gasteiger partial charge in [-0.05, 0) is 43.5 Å². The van der Waals surface area contributed by atoms with Gasteiger partial charge in [-0.25, -0.2) is 13.2 Å². The maximum Gasteiger partial charge on any atom is 0.328 e. The maximum atomic E-state index is 12.4. The molecule has 1 amide bonds. The molecule has 0 aliphatic carbocycles. The smallest absolute Gasteiger partial charge is 0.328 e. The third-order valence-corrected chi connectivity index (χ3v) is 5.49. The fourth-order valence-corrected chi connectivity index (χ4v) is 3.62. The van der Waals surface area contributed by atoms with Gasteiger partial charge in [-0.15, -0.1) is 0 Å². The fourth-order valence-electron chi connectivity index (χ4n) is 2.43. The number of carbonyl (C=O) groups excluding carboxylic acids is 3. The Kier molecular flexibility index (Phi) is 9.73. The van der Waals surface area contributed by atoms with E-state index in [0.29, 0.717) is 12.2 Å². The van der Waals surface area contributed by atoms with Gasteiger partial charge in [-0.2, -0.15) is 4.72 Å². The summed E-state index contributed by atoms with van der Waals surface area (Å²) in [7, 11) is -1.33. The summed E-state index contributed by atoms with van der Waals surface area (Å²) in [5, 5.41) is 2.44. The third-order valence-electron chi connectivity index (χ3n) is 3.93. The van der Waals surface area contributed by atoms with Gasteiger partial charge in [0.15, 0.2) is 6.61 Å². The molecule has 0 aliphatic rings. The first-order chi connectivity index (χ1) is 14.0. The number of carbonyl (C=O) groups is 3. The van der Waals surface area contributed by atoms with Crippen molar-refractivity contribution < 1.29 is 37.0 Å². The minimum atomic E-state index is -3.98. The molecule has 2 atom stereocenters. The van der Waals surface area contributed by atoms with Crippen molar-refractivity contribution in [3.8, 4) is 5.75 Å². The van der Waals surface area contributed by atoms with E-state index in [9.17, 15) is 22.8 Å². The van der Waals surface area contributed by atoms with E-state index in [1.165, 1.54) is 45.4 Å². The molecule has 1 rings (SSSR count). The summed E-state index contributed by atoms with van der Waals surface area (Å²) >= 11 is 0. The molecule has 0 heterocycles. The first-order valence-electron chi connectivity index (χ1n) is 9.20.